The standard InChI is InChI=1S/C15H28N4O2/c1-5-15(4,8-9-20)19-13-10-12(16-6-2)17-14(18-13)11-21-7-3/h10,20H,5-9,11H2,1-4H3,(H2,16,17,18,19). The van der Waals surface area contributed by atoms with Crippen LogP contribution in [0, 0.1) is 0 Å². The van der Waals surface area contributed by atoms with Crippen molar-refractivity contribution in [1.29, 1.82) is 0 Å². The van der Waals surface area contributed by atoms with Crippen LogP contribution in [-0.2, 0) is 11.3 Å². The Morgan fingerprint density at radius 3 is 2.52 bits per heavy atom. The van der Waals surface area contributed by atoms with Crippen molar-refractivity contribution in [3.05, 3.63) is 11.9 Å². The molecule has 0 aliphatic carbocycles. The second kappa shape index (κ2) is 8.79. The lowest BCUT2D eigenvalue weighted by Crippen LogP contribution is -2.35. The van der Waals surface area contributed by atoms with Gasteiger partial charge in [0, 0.05) is 31.4 Å². The van der Waals surface area contributed by atoms with Gasteiger partial charge in [0.15, 0.2) is 5.82 Å². The summed E-state index contributed by atoms with van der Waals surface area (Å²) >= 11 is 0. The van der Waals surface area contributed by atoms with Crippen LogP contribution in [0.3, 0.4) is 0 Å². The van der Waals surface area contributed by atoms with Gasteiger partial charge in [-0.2, -0.15) is 0 Å². The first-order chi connectivity index (χ1) is 10.1. The van der Waals surface area contributed by atoms with Crippen LogP contribution in [0.1, 0.15) is 46.4 Å². The zero-order valence-corrected chi connectivity index (χ0v) is 13.6. The van der Waals surface area contributed by atoms with Crippen LogP contribution in [0.25, 0.3) is 0 Å². The molecule has 0 bridgehead atoms. The van der Waals surface area contributed by atoms with Gasteiger partial charge < -0.3 is 20.5 Å². The quantitative estimate of drug-likeness (QED) is 0.615. The summed E-state index contributed by atoms with van der Waals surface area (Å²) in [5, 5.41) is 15.8. The molecule has 0 saturated heterocycles. The van der Waals surface area contributed by atoms with Crippen molar-refractivity contribution in [2.45, 2.75) is 52.7 Å². The summed E-state index contributed by atoms with van der Waals surface area (Å²) in [4.78, 5) is 8.93. The van der Waals surface area contributed by atoms with E-state index in [1.165, 1.54) is 0 Å². The minimum absolute atomic E-state index is 0.147. The van der Waals surface area contributed by atoms with Crippen molar-refractivity contribution in [2.24, 2.45) is 0 Å². The van der Waals surface area contributed by atoms with Gasteiger partial charge in [0.25, 0.3) is 0 Å². The molecular weight excluding hydrogens is 268 g/mol. The van der Waals surface area contributed by atoms with Gasteiger partial charge in [0.05, 0.1) is 0 Å². The molecule has 0 spiro atoms. The number of aromatic nitrogens is 2. The third kappa shape index (κ3) is 5.85. The molecule has 0 saturated carbocycles. The Morgan fingerprint density at radius 1 is 1.24 bits per heavy atom. The molecule has 0 radical (unpaired) electrons. The molecule has 3 N–H and O–H groups in total. The summed E-state index contributed by atoms with van der Waals surface area (Å²) in [6.07, 6.45) is 1.57. The summed E-state index contributed by atoms with van der Waals surface area (Å²) in [6, 6.07) is 1.89. The maximum Gasteiger partial charge on any atom is 0.158 e. The van der Waals surface area contributed by atoms with Gasteiger partial charge in [0.1, 0.15) is 18.2 Å². The predicted octanol–water partition coefficient (Wildman–Crippen LogP) is 2.41. The summed E-state index contributed by atoms with van der Waals surface area (Å²) in [5.41, 5.74) is -0.185. The fraction of sp³-hybridized carbons (Fsp3) is 0.733. The van der Waals surface area contributed by atoms with Gasteiger partial charge >= 0.3 is 0 Å². The van der Waals surface area contributed by atoms with Crippen LogP contribution >= 0.6 is 0 Å². The van der Waals surface area contributed by atoms with Crippen molar-refractivity contribution in [2.75, 3.05) is 30.4 Å². The number of hydrogen-bond donors (Lipinski definition) is 3. The Bertz CT molecular complexity index is 428. The first-order valence-electron chi connectivity index (χ1n) is 7.65. The lowest BCUT2D eigenvalue weighted by molar-refractivity contribution is 0.128. The molecule has 1 aromatic heterocycles. The van der Waals surface area contributed by atoms with Crippen LogP contribution in [0.15, 0.2) is 6.07 Å². The van der Waals surface area contributed by atoms with Crippen LogP contribution in [0.4, 0.5) is 11.6 Å². The SMILES string of the molecule is CCNc1cc(NC(C)(CC)CCO)nc(COCC)n1. The van der Waals surface area contributed by atoms with Crippen molar-refractivity contribution in [3.63, 3.8) is 0 Å². The molecule has 1 rings (SSSR count). The monoisotopic (exact) mass is 296 g/mol. The largest absolute Gasteiger partial charge is 0.396 e. The fourth-order valence-electron chi connectivity index (χ4n) is 1.97. The summed E-state index contributed by atoms with van der Waals surface area (Å²) in [6.45, 7) is 10.1. The Morgan fingerprint density at radius 2 is 1.95 bits per heavy atom. The first kappa shape index (κ1) is 17.7. The highest BCUT2D eigenvalue weighted by Crippen LogP contribution is 2.22. The fourth-order valence-corrected chi connectivity index (χ4v) is 1.97. The van der Waals surface area contributed by atoms with E-state index in [2.05, 4.69) is 34.4 Å². The van der Waals surface area contributed by atoms with Crippen LogP contribution < -0.4 is 10.6 Å². The molecule has 0 aromatic carbocycles. The molecule has 21 heavy (non-hydrogen) atoms. The van der Waals surface area contributed by atoms with Gasteiger partial charge in [-0.15, -0.1) is 0 Å². The van der Waals surface area contributed by atoms with E-state index in [1.54, 1.807) is 0 Å². The second-order valence-electron chi connectivity index (χ2n) is 5.23. The lowest BCUT2D eigenvalue weighted by Gasteiger charge is -2.29. The van der Waals surface area contributed by atoms with E-state index in [1.807, 2.05) is 19.9 Å². The molecule has 0 fully saturated rings. The van der Waals surface area contributed by atoms with Gasteiger partial charge in [-0.05, 0) is 33.6 Å². The highest BCUT2D eigenvalue weighted by Gasteiger charge is 2.22. The molecule has 0 aliphatic heterocycles. The Kier molecular flexibility index (Phi) is 7.39. The normalized spacial score (nSPS) is 13.8. The third-order valence-corrected chi connectivity index (χ3v) is 3.44. The van der Waals surface area contributed by atoms with Crippen LogP contribution in [0.5, 0.6) is 0 Å². The first-order valence-corrected chi connectivity index (χ1v) is 7.65. The zero-order valence-electron chi connectivity index (χ0n) is 13.6. The van der Waals surface area contributed by atoms with Crippen molar-refractivity contribution >= 4 is 11.6 Å². The summed E-state index contributed by atoms with van der Waals surface area (Å²) in [7, 11) is 0. The average Bonchev–Trinajstić information content (AvgIpc) is 2.45. The van der Waals surface area contributed by atoms with Crippen LogP contribution in [-0.4, -0.2) is 40.4 Å². The molecule has 0 amide bonds. The Balaban J connectivity index is 2.95. The minimum Gasteiger partial charge on any atom is -0.396 e. The van der Waals surface area contributed by atoms with Crippen molar-refractivity contribution in [1.82, 2.24) is 9.97 Å². The van der Waals surface area contributed by atoms with E-state index in [0.29, 0.717) is 25.5 Å². The summed E-state index contributed by atoms with van der Waals surface area (Å²) in [5.74, 6) is 2.20. The number of hydrogen-bond acceptors (Lipinski definition) is 6. The topological polar surface area (TPSA) is 79.3 Å². The molecule has 1 unspecified atom stereocenters. The van der Waals surface area contributed by atoms with Gasteiger partial charge in [-0.1, -0.05) is 6.92 Å². The Labute approximate surface area is 127 Å². The molecule has 6 nitrogen and oxygen atoms in total. The number of anilines is 2. The Hall–Kier alpha value is -1.40. The summed E-state index contributed by atoms with van der Waals surface area (Å²) < 4.78 is 5.39. The van der Waals surface area contributed by atoms with Gasteiger partial charge in [0.2, 0.25) is 0 Å². The second-order valence-corrected chi connectivity index (χ2v) is 5.23. The predicted molar refractivity (Wildman–Crippen MR) is 85.5 cm³/mol. The van der Waals surface area contributed by atoms with E-state index in [9.17, 15) is 5.11 Å². The highest BCUT2D eigenvalue weighted by atomic mass is 16.5. The third-order valence-electron chi connectivity index (χ3n) is 3.44. The van der Waals surface area contributed by atoms with E-state index >= 15 is 0 Å². The number of nitrogens with zero attached hydrogens (tertiary/aromatic N) is 2. The van der Waals surface area contributed by atoms with Crippen molar-refractivity contribution in [3.8, 4) is 0 Å². The van der Waals surface area contributed by atoms with Gasteiger partial charge in [-0.25, -0.2) is 9.97 Å². The molecule has 1 heterocycles. The lowest BCUT2D eigenvalue weighted by atomic mass is 9.95. The number of aliphatic hydroxyl groups is 1. The highest BCUT2D eigenvalue weighted by molar-refractivity contribution is 5.48. The van der Waals surface area contributed by atoms with Crippen LogP contribution in [0.2, 0.25) is 0 Å². The molecule has 0 aliphatic rings. The number of aliphatic hydroxyl groups excluding tert-OH is 1. The number of rotatable bonds is 10. The van der Waals surface area contributed by atoms with Crippen molar-refractivity contribution < 1.29 is 9.84 Å². The van der Waals surface area contributed by atoms with E-state index in [-0.39, 0.29) is 12.1 Å². The van der Waals surface area contributed by atoms with E-state index < -0.39 is 0 Å². The molecule has 1 aromatic rings. The van der Waals surface area contributed by atoms with E-state index in [4.69, 9.17) is 4.74 Å². The minimum atomic E-state index is -0.185. The molecule has 6 heteroatoms. The molecular formula is C15H28N4O2. The maximum absolute atomic E-state index is 9.22. The molecule has 1 atom stereocenters. The molecule has 120 valence electrons. The van der Waals surface area contributed by atoms with Gasteiger partial charge in [-0.3, -0.25) is 0 Å². The maximum atomic E-state index is 9.22. The van der Waals surface area contributed by atoms with E-state index in [0.717, 1.165) is 24.6 Å². The number of ether oxygens (including phenoxy) is 1. The number of nitrogens with one attached hydrogen (secondary N) is 2. The smallest absolute Gasteiger partial charge is 0.158 e. The zero-order chi connectivity index (χ0) is 15.7. The average molecular weight is 296 g/mol.